The van der Waals surface area contributed by atoms with Crippen LogP contribution < -0.4 is 16.4 Å². The summed E-state index contributed by atoms with van der Waals surface area (Å²) in [4.78, 5) is 7.11. The first-order valence-corrected chi connectivity index (χ1v) is 10.9. The number of aromatic nitrogens is 2. The zero-order valence-corrected chi connectivity index (χ0v) is 21.2. The number of nitriles is 1. The van der Waals surface area contributed by atoms with Crippen LogP contribution in [0.3, 0.4) is 0 Å². The molecule has 3 rings (SSSR count). The number of halogens is 2. The number of hydrogen-bond donors (Lipinski definition) is 3. The number of thiophene rings is 1. The van der Waals surface area contributed by atoms with Gasteiger partial charge >= 0.3 is 0 Å². The van der Waals surface area contributed by atoms with Crippen molar-refractivity contribution in [1.29, 1.82) is 5.26 Å². The van der Waals surface area contributed by atoms with Gasteiger partial charge in [0.1, 0.15) is 23.3 Å². The molecule has 0 spiro atoms. The third-order valence-corrected chi connectivity index (χ3v) is 5.58. The summed E-state index contributed by atoms with van der Waals surface area (Å²) in [5.41, 5.74) is 7.72. The van der Waals surface area contributed by atoms with E-state index in [1.54, 1.807) is 23.5 Å². The maximum Gasteiger partial charge on any atom is 0.191 e. The first kappa shape index (κ1) is 25.6. The average Bonchev–Trinajstić information content (AvgIpc) is 3.32. The van der Waals surface area contributed by atoms with Crippen LogP contribution in [0.5, 0.6) is 0 Å². The van der Waals surface area contributed by atoms with Gasteiger partial charge in [0.05, 0.1) is 17.9 Å². The number of aliphatic imine (C=N–C) groups is 1. The van der Waals surface area contributed by atoms with Gasteiger partial charge in [-0.15, -0.1) is 35.3 Å². The van der Waals surface area contributed by atoms with Crippen molar-refractivity contribution in [2.75, 3.05) is 18.8 Å². The van der Waals surface area contributed by atoms with Crippen LogP contribution in [0, 0.1) is 24.1 Å². The molecule has 0 unspecified atom stereocenters. The largest absolute Gasteiger partial charge is 0.382 e. The van der Waals surface area contributed by atoms with Gasteiger partial charge in [-0.3, -0.25) is 0 Å². The highest BCUT2D eigenvalue weighted by Crippen LogP contribution is 2.21. The predicted molar refractivity (Wildman–Crippen MR) is 138 cm³/mol. The van der Waals surface area contributed by atoms with Gasteiger partial charge in [-0.1, -0.05) is 0 Å². The van der Waals surface area contributed by atoms with E-state index in [4.69, 9.17) is 5.73 Å². The Kier molecular flexibility index (Phi) is 9.93. The van der Waals surface area contributed by atoms with Crippen LogP contribution in [-0.2, 0) is 13.0 Å². The molecular weight excluding hydrogens is 540 g/mol. The van der Waals surface area contributed by atoms with Crippen LogP contribution in [-0.4, -0.2) is 28.8 Å². The predicted octanol–water partition coefficient (Wildman–Crippen LogP) is 4.14. The van der Waals surface area contributed by atoms with Gasteiger partial charge in [-0.05, 0) is 63.1 Å². The molecule has 0 radical (unpaired) electrons. The number of hydrogen-bond acceptors (Lipinski definition) is 5. The second-order valence-electron chi connectivity index (χ2n) is 6.94. The SMILES string of the molecule is CCNC(=NCc1ccc(C)s1)NCCCc1nn(-c2ccc(F)cc2)c(N)c1C#N.I. The molecule has 0 aliphatic rings. The van der Waals surface area contributed by atoms with Crippen molar-refractivity contribution in [3.63, 3.8) is 0 Å². The molecule has 1 aromatic carbocycles. The first-order chi connectivity index (χ1) is 15.0. The molecule has 0 saturated heterocycles. The maximum atomic E-state index is 13.2. The number of rotatable bonds is 8. The minimum atomic E-state index is -0.339. The van der Waals surface area contributed by atoms with E-state index in [2.05, 4.69) is 45.9 Å². The molecule has 32 heavy (non-hydrogen) atoms. The van der Waals surface area contributed by atoms with E-state index in [1.807, 2.05) is 6.92 Å². The highest BCUT2D eigenvalue weighted by atomic mass is 127. The maximum absolute atomic E-state index is 13.2. The minimum Gasteiger partial charge on any atom is -0.382 e. The van der Waals surface area contributed by atoms with Gasteiger partial charge in [0.2, 0.25) is 0 Å². The molecule has 0 fully saturated rings. The summed E-state index contributed by atoms with van der Waals surface area (Å²) in [7, 11) is 0. The lowest BCUT2D eigenvalue weighted by Crippen LogP contribution is -2.37. The summed E-state index contributed by atoms with van der Waals surface area (Å²) < 4.78 is 14.7. The molecule has 170 valence electrons. The van der Waals surface area contributed by atoms with Crippen molar-refractivity contribution >= 4 is 47.1 Å². The number of nitrogens with one attached hydrogen (secondary N) is 2. The van der Waals surface area contributed by atoms with Gasteiger partial charge in [0, 0.05) is 22.8 Å². The normalized spacial score (nSPS) is 11.0. The van der Waals surface area contributed by atoms with E-state index >= 15 is 0 Å². The summed E-state index contributed by atoms with van der Waals surface area (Å²) in [6.45, 7) is 6.18. The Hall–Kier alpha value is -2.65. The number of benzene rings is 1. The highest BCUT2D eigenvalue weighted by Gasteiger charge is 2.16. The van der Waals surface area contributed by atoms with Gasteiger partial charge in [0.25, 0.3) is 0 Å². The molecule has 0 amide bonds. The van der Waals surface area contributed by atoms with Crippen molar-refractivity contribution in [1.82, 2.24) is 20.4 Å². The van der Waals surface area contributed by atoms with Crippen LogP contribution in [0.4, 0.5) is 10.2 Å². The smallest absolute Gasteiger partial charge is 0.191 e. The highest BCUT2D eigenvalue weighted by molar-refractivity contribution is 14.0. The molecular formula is C22H27FIN7S. The van der Waals surface area contributed by atoms with Crippen LogP contribution in [0.1, 0.15) is 34.4 Å². The quantitative estimate of drug-likeness (QED) is 0.164. The fraction of sp³-hybridized carbons (Fsp3) is 0.318. The summed E-state index contributed by atoms with van der Waals surface area (Å²) in [6, 6.07) is 12.2. The molecule has 10 heteroatoms. The number of anilines is 1. The number of guanidine groups is 1. The Morgan fingerprint density at radius 3 is 2.62 bits per heavy atom. The van der Waals surface area contributed by atoms with Gasteiger partial charge in [-0.2, -0.15) is 10.4 Å². The number of nitrogens with zero attached hydrogens (tertiary/aromatic N) is 4. The molecule has 0 bridgehead atoms. The Labute approximate surface area is 208 Å². The molecule has 2 heterocycles. The van der Waals surface area contributed by atoms with Crippen LogP contribution in [0.15, 0.2) is 41.4 Å². The van der Waals surface area contributed by atoms with Crippen molar-refractivity contribution in [3.8, 4) is 11.8 Å². The van der Waals surface area contributed by atoms with E-state index in [0.29, 0.717) is 36.5 Å². The molecule has 0 atom stereocenters. The van der Waals surface area contributed by atoms with Gasteiger partial charge in [0.15, 0.2) is 5.96 Å². The monoisotopic (exact) mass is 567 g/mol. The second-order valence-corrected chi connectivity index (χ2v) is 8.32. The molecule has 7 nitrogen and oxygen atoms in total. The minimum absolute atomic E-state index is 0. The van der Waals surface area contributed by atoms with Crippen molar-refractivity contribution in [2.24, 2.45) is 4.99 Å². The third kappa shape index (κ3) is 6.67. The van der Waals surface area contributed by atoms with Crippen molar-refractivity contribution in [3.05, 3.63) is 63.2 Å². The van der Waals surface area contributed by atoms with Crippen LogP contribution in [0.25, 0.3) is 5.69 Å². The summed E-state index contributed by atoms with van der Waals surface area (Å²) in [5, 5.41) is 20.6. The molecule has 2 aromatic heterocycles. The number of nitrogens with two attached hydrogens (primary N) is 1. The lowest BCUT2D eigenvalue weighted by atomic mass is 10.1. The average molecular weight is 567 g/mol. The molecule has 0 aliphatic heterocycles. The Balaban J connectivity index is 0.00000363. The lowest BCUT2D eigenvalue weighted by molar-refractivity contribution is 0.627. The summed E-state index contributed by atoms with van der Waals surface area (Å²) in [5.74, 6) is 0.678. The Bertz CT molecular complexity index is 1080. The second kappa shape index (κ2) is 12.4. The van der Waals surface area contributed by atoms with E-state index in [0.717, 1.165) is 18.9 Å². The Morgan fingerprint density at radius 1 is 1.25 bits per heavy atom. The molecule has 0 aliphatic carbocycles. The zero-order valence-electron chi connectivity index (χ0n) is 18.1. The standard InChI is InChI=1S/C22H26FN7S.HI/c1-3-26-22(28-14-18-11-6-15(2)31-18)27-12-4-5-20-19(13-24)21(25)30(29-20)17-9-7-16(23)8-10-17;/h6-11H,3-5,12,14,25H2,1-2H3,(H2,26,27,28);1H. The van der Waals surface area contributed by atoms with Crippen LogP contribution in [0.2, 0.25) is 0 Å². The van der Waals surface area contributed by atoms with E-state index in [-0.39, 0.29) is 35.6 Å². The molecule has 4 N–H and O–H groups in total. The van der Waals surface area contributed by atoms with E-state index in [1.165, 1.54) is 26.6 Å². The molecule has 3 aromatic rings. The Morgan fingerprint density at radius 2 is 2.00 bits per heavy atom. The fourth-order valence-corrected chi connectivity index (χ4v) is 3.90. The van der Waals surface area contributed by atoms with Gasteiger partial charge < -0.3 is 16.4 Å². The number of aryl methyl sites for hydroxylation is 2. The topological polar surface area (TPSA) is 104 Å². The zero-order chi connectivity index (χ0) is 22.2. The van der Waals surface area contributed by atoms with E-state index in [9.17, 15) is 9.65 Å². The number of nitrogen functional groups attached to an aromatic ring is 1. The lowest BCUT2D eigenvalue weighted by Gasteiger charge is -2.10. The van der Waals surface area contributed by atoms with Gasteiger partial charge in [-0.25, -0.2) is 14.1 Å². The van der Waals surface area contributed by atoms with Crippen molar-refractivity contribution < 1.29 is 4.39 Å². The third-order valence-electron chi connectivity index (χ3n) is 4.59. The van der Waals surface area contributed by atoms with Crippen molar-refractivity contribution in [2.45, 2.75) is 33.2 Å². The van der Waals surface area contributed by atoms with E-state index < -0.39 is 0 Å². The summed E-state index contributed by atoms with van der Waals surface area (Å²) in [6.07, 6.45) is 1.33. The first-order valence-electron chi connectivity index (χ1n) is 10.1. The van der Waals surface area contributed by atoms with Crippen LogP contribution >= 0.6 is 35.3 Å². The molecule has 0 saturated carbocycles. The fourth-order valence-electron chi connectivity index (χ4n) is 3.09. The summed E-state index contributed by atoms with van der Waals surface area (Å²) >= 11 is 1.74.